The first-order chi connectivity index (χ1) is 9.78. The number of anilines is 2. The van der Waals surface area contributed by atoms with E-state index in [1.807, 2.05) is 30.3 Å². The van der Waals surface area contributed by atoms with Crippen molar-refractivity contribution in [1.29, 1.82) is 0 Å². The van der Waals surface area contributed by atoms with Crippen LogP contribution in [0.5, 0.6) is 0 Å². The standard InChI is InChI=1S/C16H17N3O/c1-2-19(11-12-4-3-5-13(17)10-12)16-14-7-9-20-15(14)6-8-18-16/h3-10H,2,11,17H2,1H3. The van der Waals surface area contributed by atoms with Crippen LogP contribution in [0.1, 0.15) is 12.5 Å². The lowest BCUT2D eigenvalue weighted by Gasteiger charge is -2.22. The summed E-state index contributed by atoms with van der Waals surface area (Å²) >= 11 is 0. The first kappa shape index (κ1) is 12.5. The number of hydrogen-bond donors (Lipinski definition) is 1. The third kappa shape index (κ3) is 2.32. The predicted molar refractivity (Wildman–Crippen MR) is 81.6 cm³/mol. The molecule has 0 aliphatic heterocycles. The lowest BCUT2D eigenvalue weighted by atomic mass is 10.2. The van der Waals surface area contributed by atoms with Gasteiger partial charge in [0.15, 0.2) is 0 Å². The van der Waals surface area contributed by atoms with Crippen molar-refractivity contribution in [2.45, 2.75) is 13.5 Å². The Labute approximate surface area is 117 Å². The minimum absolute atomic E-state index is 0.777. The van der Waals surface area contributed by atoms with Gasteiger partial charge < -0.3 is 15.1 Å². The number of nitrogen functional groups attached to an aromatic ring is 1. The van der Waals surface area contributed by atoms with Crippen molar-refractivity contribution in [2.24, 2.45) is 0 Å². The second-order valence-electron chi connectivity index (χ2n) is 4.73. The van der Waals surface area contributed by atoms with Gasteiger partial charge in [-0.3, -0.25) is 0 Å². The van der Waals surface area contributed by atoms with Crippen LogP contribution in [0.4, 0.5) is 11.5 Å². The smallest absolute Gasteiger partial charge is 0.139 e. The van der Waals surface area contributed by atoms with Crippen LogP contribution in [-0.4, -0.2) is 11.5 Å². The minimum atomic E-state index is 0.777. The number of aromatic nitrogens is 1. The van der Waals surface area contributed by atoms with Crippen molar-refractivity contribution in [3.8, 4) is 0 Å². The average Bonchev–Trinajstić information content (AvgIpc) is 2.93. The van der Waals surface area contributed by atoms with Crippen molar-refractivity contribution in [3.05, 3.63) is 54.4 Å². The van der Waals surface area contributed by atoms with Crippen LogP contribution in [0.25, 0.3) is 11.0 Å². The van der Waals surface area contributed by atoms with Gasteiger partial charge in [-0.05, 0) is 36.8 Å². The fourth-order valence-electron chi connectivity index (χ4n) is 2.38. The lowest BCUT2D eigenvalue weighted by Crippen LogP contribution is -2.23. The van der Waals surface area contributed by atoms with E-state index < -0.39 is 0 Å². The van der Waals surface area contributed by atoms with E-state index in [-0.39, 0.29) is 0 Å². The summed E-state index contributed by atoms with van der Waals surface area (Å²) in [5, 5.41) is 1.04. The third-order valence-electron chi connectivity index (χ3n) is 3.36. The van der Waals surface area contributed by atoms with Crippen molar-refractivity contribution in [2.75, 3.05) is 17.2 Å². The van der Waals surface area contributed by atoms with Crippen molar-refractivity contribution in [3.63, 3.8) is 0 Å². The van der Waals surface area contributed by atoms with Gasteiger partial charge in [0.05, 0.1) is 11.6 Å². The molecule has 0 aliphatic rings. The average molecular weight is 267 g/mol. The van der Waals surface area contributed by atoms with Gasteiger partial charge in [-0.1, -0.05) is 12.1 Å². The molecule has 0 saturated carbocycles. The zero-order valence-electron chi connectivity index (χ0n) is 11.4. The summed E-state index contributed by atoms with van der Waals surface area (Å²) in [6, 6.07) is 11.8. The number of fused-ring (bicyclic) bond motifs is 1. The van der Waals surface area contributed by atoms with E-state index in [1.54, 1.807) is 12.5 Å². The van der Waals surface area contributed by atoms with Gasteiger partial charge >= 0.3 is 0 Å². The molecule has 0 bridgehead atoms. The van der Waals surface area contributed by atoms with E-state index in [0.29, 0.717) is 0 Å². The van der Waals surface area contributed by atoms with E-state index in [9.17, 15) is 0 Å². The molecule has 0 aliphatic carbocycles. The number of pyridine rings is 1. The Kier molecular flexibility index (Phi) is 3.29. The van der Waals surface area contributed by atoms with E-state index in [0.717, 1.165) is 35.6 Å². The largest absolute Gasteiger partial charge is 0.464 e. The molecule has 2 heterocycles. The Hall–Kier alpha value is -2.49. The summed E-state index contributed by atoms with van der Waals surface area (Å²) in [6.07, 6.45) is 3.48. The summed E-state index contributed by atoms with van der Waals surface area (Å²) in [7, 11) is 0. The summed E-state index contributed by atoms with van der Waals surface area (Å²) < 4.78 is 5.44. The highest BCUT2D eigenvalue weighted by atomic mass is 16.3. The molecule has 1 aromatic carbocycles. The molecule has 2 N–H and O–H groups in total. The van der Waals surface area contributed by atoms with Crippen LogP contribution in [0.3, 0.4) is 0 Å². The normalized spacial score (nSPS) is 10.8. The van der Waals surface area contributed by atoms with Crippen LogP contribution in [0, 0.1) is 0 Å². The quantitative estimate of drug-likeness (QED) is 0.736. The molecular weight excluding hydrogens is 250 g/mol. The molecule has 3 rings (SSSR count). The van der Waals surface area contributed by atoms with Crippen molar-refractivity contribution in [1.82, 2.24) is 4.98 Å². The molecule has 0 spiro atoms. The van der Waals surface area contributed by atoms with Crippen LogP contribution < -0.4 is 10.6 Å². The molecule has 0 atom stereocenters. The van der Waals surface area contributed by atoms with Gasteiger partial charge in [0.1, 0.15) is 11.4 Å². The maximum absolute atomic E-state index is 5.84. The monoisotopic (exact) mass is 267 g/mol. The van der Waals surface area contributed by atoms with Gasteiger partial charge in [0.2, 0.25) is 0 Å². The van der Waals surface area contributed by atoms with E-state index >= 15 is 0 Å². The van der Waals surface area contributed by atoms with E-state index in [4.69, 9.17) is 10.2 Å². The molecule has 0 saturated heterocycles. The number of nitrogens with two attached hydrogens (primary N) is 1. The fourth-order valence-corrected chi connectivity index (χ4v) is 2.38. The van der Waals surface area contributed by atoms with Gasteiger partial charge in [-0.2, -0.15) is 0 Å². The fraction of sp³-hybridized carbons (Fsp3) is 0.188. The summed E-state index contributed by atoms with van der Waals surface area (Å²) in [5.74, 6) is 0.946. The third-order valence-corrected chi connectivity index (χ3v) is 3.36. The van der Waals surface area contributed by atoms with Crippen molar-refractivity contribution < 1.29 is 4.42 Å². The summed E-state index contributed by atoms with van der Waals surface area (Å²) in [5.41, 5.74) is 8.66. The van der Waals surface area contributed by atoms with Crippen LogP contribution in [0.15, 0.2) is 53.3 Å². The number of nitrogens with zero attached hydrogens (tertiary/aromatic N) is 2. The topological polar surface area (TPSA) is 55.3 Å². The number of benzene rings is 1. The second-order valence-corrected chi connectivity index (χ2v) is 4.73. The molecule has 0 unspecified atom stereocenters. The van der Waals surface area contributed by atoms with Crippen molar-refractivity contribution >= 4 is 22.5 Å². The number of hydrogen-bond acceptors (Lipinski definition) is 4. The van der Waals surface area contributed by atoms with Gasteiger partial charge in [-0.25, -0.2) is 4.98 Å². The highest BCUT2D eigenvalue weighted by molar-refractivity contribution is 5.88. The summed E-state index contributed by atoms with van der Waals surface area (Å²) in [6.45, 7) is 3.76. The first-order valence-corrected chi connectivity index (χ1v) is 6.69. The molecule has 3 aromatic rings. The SMILES string of the molecule is CCN(Cc1cccc(N)c1)c1nccc2occc12. The molecule has 0 radical (unpaired) electrons. The Bertz CT molecular complexity index is 720. The maximum atomic E-state index is 5.84. The van der Waals surface area contributed by atoms with Gasteiger partial charge in [0.25, 0.3) is 0 Å². The Morgan fingerprint density at radius 2 is 2.15 bits per heavy atom. The molecule has 2 aromatic heterocycles. The van der Waals surface area contributed by atoms with Gasteiger partial charge in [-0.15, -0.1) is 0 Å². The molecule has 0 amide bonds. The molecular formula is C16H17N3O. The van der Waals surface area contributed by atoms with Crippen LogP contribution in [-0.2, 0) is 6.54 Å². The molecule has 0 fully saturated rings. The molecule has 4 heteroatoms. The Morgan fingerprint density at radius 1 is 1.25 bits per heavy atom. The zero-order valence-corrected chi connectivity index (χ0v) is 11.4. The highest BCUT2D eigenvalue weighted by Gasteiger charge is 2.12. The first-order valence-electron chi connectivity index (χ1n) is 6.69. The zero-order chi connectivity index (χ0) is 13.9. The van der Waals surface area contributed by atoms with E-state index in [1.165, 1.54) is 5.56 Å². The summed E-state index contributed by atoms with van der Waals surface area (Å²) in [4.78, 5) is 6.72. The Balaban J connectivity index is 1.95. The molecule has 102 valence electrons. The predicted octanol–water partition coefficient (Wildman–Crippen LogP) is 3.44. The minimum Gasteiger partial charge on any atom is -0.464 e. The lowest BCUT2D eigenvalue weighted by molar-refractivity contribution is 0.615. The number of furan rings is 1. The van der Waals surface area contributed by atoms with Crippen LogP contribution >= 0.6 is 0 Å². The maximum Gasteiger partial charge on any atom is 0.139 e. The van der Waals surface area contributed by atoms with Crippen LogP contribution in [0.2, 0.25) is 0 Å². The highest BCUT2D eigenvalue weighted by Crippen LogP contribution is 2.26. The molecule has 20 heavy (non-hydrogen) atoms. The number of rotatable bonds is 4. The second kappa shape index (κ2) is 5.25. The molecule has 4 nitrogen and oxygen atoms in total. The van der Waals surface area contributed by atoms with Gasteiger partial charge in [0, 0.05) is 25.0 Å². The Morgan fingerprint density at radius 3 is 2.95 bits per heavy atom. The van der Waals surface area contributed by atoms with E-state index in [2.05, 4.69) is 22.9 Å².